The van der Waals surface area contributed by atoms with Crippen LogP contribution in [0.2, 0.25) is 0 Å². The van der Waals surface area contributed by atoms with Gasteiger partial charge in [0.15, 0.2) is 0 Å². The van der Waals surface area contributed by atoms with Crippen LogP contribution in [0.5, 0.6) is 0 Å². The fourth-order valence-corrected chi connectivity index (χ4v) is 9.84. The first-order chi connectivity index (χ1) is 26.6. The second-order valence-corrected chi connectivity index (χ2v) is 15.3. The lowest BCUT2D eigenvalue weighted by atomic mass is 9.62. The summed E-state index contributed by atoms with van der Waals surface area (Å²) in [6.07, 6.45) is 0. The van der Waals surface area contributed by atoms with Crippen molar-refractivity contribution < 1.29 is 0 Å². The van der Waals surface area contributed by atoms with Gasteiger partial charge < -0.3 is 9.47 Å². The van der Waals surface area contributed by atoms with Crippen molar-refractivity contribution >= 4 is 38.9 Å². The van der Waals surface area contributed by atoms with Crippen LogP contribution in [0.1, 0.15) is 47.2 Å². The number of para-hydroxylation sites is 4. The molecule has 2 aliphatic heterocycles. The highest BCUT2D eigenvalue weighted by Crippen LogP contribution is 2.58. The van der Waals surface area contributed by atoms with Gasteiger partial charge in [-0.05, 0) is 93.0 Å². The Bertz CT molecular complexity index is 2860. The molecule has 0 saturated carbocycles. The van der Waals surface area contributed by atoms with Crippen LogP contribution in [0.3, 0.4) is 0 Å². The molecule has 0 radical (unpaired) electrons. The minimum atomic E-state index is -0.557. The summed E-state index contributed by atoms with van der Waals surface area (Å²) in [5.74, 6) is 0. The molecule has 0 amide bonds. The number of hydrogen-bond donors (Lipinski definition) is 0. The zero-order valence-corrected chi connectivity index (χ0v) is 30.4. The third-order valence-corrected chi connectivity index (χ3v) is 12.2. The SMILES string of the molecule is CC1(C)c2ccccc2-n2c3ccc(-c4ccc5c(c4)C(c4ccccc4)(c4ccccc4)c4ccccc4N5c4ccccc4)cc3c3cccc1c32. The average molecular weight is 691 g/mol. The Morgan fingerprint density at radius 1 is 0.389 bits per heavy atom. The van der Waals surface area contributed by atoms with Crippen LogP contribution in [-0.4, -0.2) is 4.57 Å². The molecule has 9 aromatic rings. The van der Waals surface area contributed by atoms with Crippen LogP contribution in [0, 0.1) is 0 Å². The third kappa shape index (κ3) is 4.11. The molecule has 0 N–H and O–H groups in total. The van der Waals surface area contributed by atoms with Gasteiger partial charge in [0.05, 0.1) is 33.5 Å². The van der Waals surface area contributed by atoms with E-state index in [0.29, 0.717) is 0 Å². The molecule has 0 bridgehead atoms. The lowest BCUT2D eigenvalue weighted by Gasteiger charge is -2.46. The van der Waals surface area contributed by atoms with E-state index in [-0.39, 0.29) is 5.41 Å². The van der Waals surface area contributed by atoms with Gasteiger partial charge in [0, 0.05) is 21.9 Å². The molecule has 256 valence electrons. The second kappa shape index (κ2) is 11.4. The van der Waals surface area contributed by atoms with E-state index in [2.05, 4.69) is 217 Å². The summed E-state index contributed by atoms with van der Waals surface area (Å²) in [4.78, 5) is 2.45. The molecule has 2 aliphatic rings. The van der Waals surface area contributed by atoms with Crippen LogP contribution in [-0.2, 0) is 10.8 Å². The van der Waals surface area contributed by atoms with Crippen LogP contribution in [0.4, 0.5) is 17.1 Å². The molecule has 0 atom stereocenters. The van der Waals surface area contributed by atoms with Gasteiger partial charge in [-0.25, -0.2) is 0 Å². The van der Waals surface area contributed by atoms with Crippen molar-refractivity contribution in [2.75, 3.05) is 4.90 Å². The number of anilines is 3. The van der Waals surface area contributed by atoms with E-state index in [1.54, 1.807) is 0 Å². The van der Waals surface area contributed by atoms with Crippen LogP contribution in [0.15, 0.2) is 194 Å². The van der Waals surface area contributed by atoms with Crippen LogP contribution < -0.4 is 4.90 Å². The quantitative estimate of drug-likeness (QED) is 0.178. The maximum absolute atomic E-state index is 2.50. The molecule has 0 aliphatic carbocycles. The fraction of sp³-hybridized carbons (Fsp3) is 0.0769. The second-order valence-electron chi connectivity index (χ2n) is 15.3. The third-order valence-electron chi connectivity index (χ3n) is 12.2. The van der Waals surface area contributed by atoms with Crippen molar-refractivity contribution in [1.82, 2.24) is 4.57 Å². The summed E-state index contributed by atoms with van der Waals surface area (Å²) < 4.78 is 2.50. The number of aromatic nitrogens is 1. The molecular formula is C52H38N2. The zero-order valence-electron chi connectivity index (χ0n) is 30.4. The normalized spacial score (nSPS) is 14.7. The molecule has 0 fully saturated rings. The van der Waals surface area contributed by atoms with E-state index >= 15 is 0 Å². The van der Waals surface area contributed by atoms with Gasteiger partial charge >= 0.3 is 0 Å². The summed E-state index contributed by atoms with van der Waals surface area (Å²) in [5.41, 5.74) is 16.9. The maximum Gasteiger partial charge on any atom is 0.0742 e. The highest BCUT2D eigenvalue weighted by molar-refractivity contribution is 6.12. The van der Waals surface area contributed by atoms with Crippen molar-refractivity contribution in [1.29, 1.82) is 0 Å². The van der Waals surface area contributed by atoms with Gasteiger partial charge in [0.25, 0.3) is 0 Å². The van der Waals surface area contributed by atoms with Gasteiger partial charge in [-0.2, -0.15) is 0 Å². The number of benzene rings is 8. The van der Waals surface area contributed by atoms with Gasteiger partial charge in [0.2, 0.25) is 0 Å². The Balaban J connectivity index is 1.21. The molecule has 0 unspecified atom stereocenters. The Morgan fingerprint density at radius 3 is 1.67 bits per heavy atom. The van der Waals surface area contributed by atoms with Gasteiger partial charge in [-0.1, -0.05) is 159 Å². The first-order valence-electron chi connectivity index (χ1n) is 18.9. The van der Waals surface area contributed by atoms with Crippen LogP contribution in [0.25, 0.3) is 38.6 Å². The van der Waals surface area contributed by atoms with Crippen molar-refractivity contribution in [2.24, 2.45) is 0 Å². The van der Waals surface area contributed by atoms with Crippen molar-refractivity contribution in [3.8, 4) is 16.8 Å². The van der Waals surface area contributed by atoms with E-state index in [9.17, 15) is 0 Å². The lowest BCUT2D eigenvalue weighted by Crippen LogP contribution is -2.37. The molecule has 2 nitrogen and oxygen atoms in total. The van der Waals surface area contributed by atoms with Crippen molar-refractivity contribution in [3.63, 3.8) is 0 Å². The summed E-state index contributed by atoms with van der Waals surface area (Å²) in [6, 6.07) is 72.0. The summed E-state index contributed by atoms with van der Waals surface area (Å²) in [7, 11) is 0. The smallest absolute Gasteiger partial charge is 0.0742 e. The van der Waals surface area contributed by atoms with Crippen molar-refractivity contribution in [2.45, 2.75) is 24.7 Å². The number of fused-ring (bicyclic) bond motifs is 7. The molecule has 0 spiro atoms. The van der Waals surface area contributed by atoms with E-state index in [1.807, 2.05) is 0 Å². The Kier molecular flexibility index (Phi) is 6.55. The summed E-state index contributed by atoms with van der Waals surface area (Å²) in [5, 5.41) is 2.58. The van der Waals surface area contributed by atoms with E-state index in [1.165, 1.54) is 83.4 Å². The highest BCUT2D eigenvalue weighted by atomic mass is 15.2. The average Bonchev–Trinajstić information content (AvgIpc) is 3.57. The molecule has 0 saturated heterocycles. The zero-order chi connectivity index (χ0) is 36.0. The minimum absolute atomic E-state index is 0.0963. The Hall–Kier alpha value is -6.64. The standard InChI is InChI=1S/C52H38N2/c1-51(2)42-24-12-14-27-47(42)54-46-31-29-35(33-41(46)40-23-16-26-44(51)50(40)54)36-30-32-49-45(34-36)52(37-17-6-3-7-18-37,38-19-8-4-9-20-38)43-25-13-15-28-48(43)53(49)39-21-10-5-11-22-39/h3-34H,1-2H3. The molecule has 54 heavy (non-hydrogen) atoms. The van der Waals surface area contributed by atoms with Crippen molar-refractivity contribution in [3.05, 3.63) is 228 Å². The molecule has 8 aromatic carbocycles. The Labute approximate surface area is 316 Å². The summed E-state index contributed by atoms with van der Waals surface area (Å²) >= 11 is 0. The molecular weight excluding hydrogens is 653 g/mol. The first-order valence-corrected chi connectivity index (χ1v) is 18.9. The molecule has 11 rings (SSSR count). The minimum Gasteiger partial charge on any atom is -0.310 e. The number of nitrogens with zero attached hydrogens (tertiary/aromatic N) is 2. The molecule has 3 heterocycles. The van der Waals surface area contributed by atoms with Gasteiger partial charge in [-0.15, -0.1) is 0 Å². The van der Waals surface area contributed by atoms with Crippen LogP contribution >= 0.6 is 0 Å². The predicted molar refractivity (Wildman–Crippen MR) is 225 cm³/mol. The monoisotopic (exact) mass is 690 g/mol. The van der Waals surface area contributed by atoms with E-state index < -0.39 is 5.41 Å². The largest absolute Gasteiger partial charge is 0.310 e. The van der Waals surface area contributed by atoms with Gasteiger partial charge in [-0.3, -0.25) is 0 Å². The number of hydrogen-bond acceptors (Lipinski definition) is 1. The fourth-order valence-electron chi connectivity index (χ4n) is 9.84. The lowest BCUT2D eigenvalue weighted by molar-refractivity contribution is 0.630. The molecule has 1 aromatic heterocycles. The Morgan fingerprint density at radius 2 is 0.944 bits per heavy atom. The first kappa shape index (κ1) is 30.9. The number of rotatable bonds is 4. The topological polar surface area (TPSA) is 8.17 Å². The maximum atomic E-state index is 2.50. The van der Waals surface area contributed by atoms with E-state index in [4.69, 9.17) is 0 Å². The van der Waals surface area contributed by atoms with Gasteiger partial charge in [0.1, 0.15) is 0 Å². The summed E-state index contributed by atoms with van der Waals surface area (Å²) in [6.45, 7) is 4.73. The van der Waals surface area contributed by atoms with E-state index in [0.717, 1.165) is 5.69 Å². The highest BCUT2D eigenvalue weighted by Gasteiger charge is 2.46. The molecule has 2 heteroatoms. The predicted octanol–water partition coefficient (Wildman–Crippen LogP) is 13.3.